The lowest BCUT2D eigenvalue weighted by atomic mass is 10.1. The van der Waals surface area contributed by atoms with Crippen LogP contribution < -0.4 is 14.8 Å². The van der Waals surface area contributed by atoms with E-state index in [1.165, 1.54) is 0 Å². The third-order valence-electron chi connectivity index (χ3n) is 3.49. The van der Waals surface area contributed by atoms with Gasteiger partial charge < -0.3 is 14.8 Å². The summed E-state index contributed by atoms with van der Waals surface area (Å²) in [6.07, 6.45) is -0.610. The Labute approximate surface area is 137 Å². The van der Waals surface area contributed by atoms with Crippen LogP contribution in [0.2, 0.25) is 0 Å². The van der Waals surface area contributed by atoms with E-state index in [9.17, 15) is 4.79 Å². The molecule has 0 aliphatic rings. The molecule has 122 valence electrons. The second kappa shape index (κ2) is 7.18. The van der Waals surface area contributed by atoms with Gasteiger partial charge in [0, 0.05) is 0 Å². The summed E-state index contributed by atoms with van der Waals surface area (Å²) in [6, 6.07) is 11.5. The van der Waals surface area contributed by atoms with Crippen LogP contribution in [-0.2, 0) is 4.79 Å². The molecule has 0 saturated heterocycles. The van der Waals surface area contributed by atoms with Gasteiger partial charge in [-0.05, 0) is 68.7 Å². The smallest absolute Gasteiger partial charge is 0.265 e. The molecule has 0 radical (unpaired) electrons. The second-order valence-corrected chi connectivity index (χ2v) is 5.78. The van der Waals surface area contributed by atoms with E-state index in [2.05, 4.69) is 11.4 Å². The predicted molar refractivity (Wildman–Crippen MR) is 92.4 cm³/mol. The number of hydrogen-bond donors (Lipinski definition) is 1. The van der Waals surface area contributed by atoms with Gasteiger partial charge in [-0.1, -0.05) is 12.1 Å². The minimum atomic E-state index is -0.610. The molecule has 1 amide bonds. The normalized spacial score (nSPS) is 11.7. The van der Waals surface area contributed by atoms with E-state index in [1.54, 1.807) is 14.0 Å². The molecule has 1 N–H and O–H groups in total. The van der Waals surface area contributed by atoms with Crippen LogP contribution in [0.15, 0.2) is 36.4 Å². The predicted octanol–water partition coefficient (Wildman–Crippen LogP) is 4.03. The van der Waals surface area contributed by atoms with Crippen LogP contribution >= 0.6 is 0 Å². The summed E-state index contributed by atoms with van der Waals surface area (Å²) in [4.78, 5) is 12.4. The highest BCUT2D eigenvalue weighted by Crippen LogP contribution is 2.25. The lowest BCUT2D eigenvalue weighted by molar-refractivity contribution is -0.122. The molecule has 0 fully saturated rings. The van der Waals surface area contributed by atoms with Crippen molar-refractivity contribution in [3.63, 3.8) is 0 Å². The maximum Gasteiger partial charge on any atom is 0.265 e. The highest BCUT2D eigenvalue weighted by Gasteiger charge is 2.17. The van der Waals surface area contributed by atoms with Crippen molar-refractivity contribution in [1.29, 1.82) is 0 Å². The number of nitrogens with one attached hydrogen (secondary N) is 1. The first-order valence-electron chi connectivity index (χ1n) is 7.59. The number of carbonyl (C=O) groups is 1. The Morgan fingerprint density at radius 2 is 1.65 bits per heavy atom. The monoisotopic (exact) mass is 313 g/mol. The van der Waals surface area contributed by atoms with Crippen molar-refractivity contribution in [1.82, 2.24) is 0 Å². The van der Waals surface area contributed by atoms with Crippen molar-refractivity contribution in [2.24, 2.45) is 0 Å². The summed E-state index contributed by atoms with van der Waals surface area (Å²) in [5.41, 5.74) is 3.90. The number of hydrogen-bond acceptors (Lipinski definition) is 3. The quantitative estimate of drug-likeness (QED) is 0.906. The van der Waals surface area contributed by atoms with Crippen molar-refractivity contribution in [3.8, 4) is 11.5 Å². The molecular formula is C19H23NO3. The summed E-state index contributed by atoms with van der Waals surface area (Å²) in [7, 11) is 1.58. The lowest BCUT2D eigenvalue weighted by Gasteiger charge is -2.17. The molecule has 0 aliphatic heterocycles. The highest BCUT2D eigenvalue weighted by molar-refractivity contribution is 5.95. The van der Waals surface area contributed by atoms with E-state index in [4.69, 9.17) is 9.47 Å². The standard InChI is InChI=1S/C19H23NO3/c1-12-6-7-18(22-5)17(11-12)20-19(21)15(4)23-16-9-13(2)8-14(3)10-16/h6-11,15H,1-5H3,(H,20,21)/t15-/m0/s1. The molecule has 0 bridgehead atoms. The fourth-order valence-corrected chi connectivity index (χ4v) is 2.41. The molecule has 2 aromatic carbocycles. The van der Waals surface area contributed by atoms with Gasteiger partial charge in [-0.3, -0.25) is 4.79 Å². The number of rotatable bonds is 5. The fraction of sp³-hybridized carbons (Fsp3) is 0.316. The van der Waals surface area contributed by atoms with Crippen LogP contribution in [0.3, 0.4) is 0 Å². The van der Waals surface area contributed by atoms with Crippen LogP contribution in [0.25, 0.3) is 0 Å². The Kier molecular flexibility index (Phi) is 5.27. The molecule has 2 aromatic rings. The zero-order valence-corrected chi connectivity index (χ0v) is 14.3. The van der Waals surface area contributed by atoms with Crippen molar-refractivity contribution in [2.45, 2.75) is 33.8 Å². The molecule has 0 aliphatic carbocycles. The first kappa shape index (κ1) is 16.9. The van der Waals surface area contributed by atoms with E-state index < -0.39 is 6.10 Å². The maximum absolute atomic E-state index is 12.4. The zero-order valence-electron chi connectivity index (χ0n) is 14.3. The lowest BCUT2D eigenvalue weighted by Crippen LogP contribution is -2.30. The Hall–Kier alpha value is -2.49. The number of ether oxygens (including phenoxy) is 2. The van der Waals surface area contributed by atoms with Crippen LogP contribution in [0.4, 0.5) is 5.69 Å². The number of anilines is 1. The molecule has 1 atom stereocenters. The molecule has 0 heterocycles. The zero-order chi connectivity index (χ0) is 17.0. The highest BCUT2D eigenvalue weighted by atomic mass is 16.5. The summed E-state index contributed by atoms with van der Waals surface area (Å²) in [5, 5.41) is 2.86. The summed E-state index contributed by atoms with van der Waals surface area (Å²) >= 11 is 0. The Morgan fingerprint density at radius 1 is 1.00 bits per heavy atom. The molecule has 2 rings (SSSR count). The summed E-state index contributed by atoms with van der Waals surface area (Å²) < 4.78 is 11.0. The minimum absolute atomic E-state index is 0.215. The number of carbonyl (C=O) groups excluding carboxylic acids is 1. The number of aryl methyl sites for hydroxylation is 3. The van der Waals surface area contributed by atoms with Gasteiger partial charge in [-0.2, -0.15) is 0 Å². The molecular weight excluding hydrogens is 290 g/mol. The van der Waals surface area contributed by atoms with Crippen molar-refractivity contribution >= 4 is 11.6 Å². The summed E-state index contributed by atoms with van der Waals surface area (Å²) in [6.45, 7) is 7.70. The van der Waals surface area contributed by atoms with Gasteiger partial charge in [-0.25, -0.2) is 0 Å². The van der Waals surface area contributed by atoms with Gasteiger partial charge in [0.05, 0.1) is 12.8 Å². The Bertz CT molecular complexity index is 690. The minimum Gasteiger partial charge on any atom is -0.495 e. The van der Waals surface area contributed by atoms with E-state index in [1.807, 2.05) is 51.1 Å². The largest absolute Gasteiger partial charge is 0.495 e. The van der Waals surface area contributed by atoms with Crippen LogP contribution in [0, 0.1) is 20.8 Å². The number of amides is 1. The molecule has 23 heavy (non-hydrogen) atoms. The first-order chi connectivity index (χ1) is 10.9. The maximum atomic E-state index is 12.4. The SMILES string of the molecule is COc1ccc(C)cc1NC(=O)[C@H](C)Oc1cc(C)cc(C)c1. The average molecular weight is 313 g/mol. The van der Waals surface area contributed by atoms with Gasteiger partial charge in [0.2, 0.25) is 0 Å². The van der Waals surface area contributed by atoms with Gasteiger partial charge >= 0.3 is 0 Å². The van der Waals surface area contributed by atoms with Crippen LogP contribution in [0.1, 0.15) is 23.6 Å². The average Bonchev–Trinajstić information content (AvgIpc) is 2.46. The van der Waals surface area contributed by atoms with E-state index >= 15 is 0 Å². The number of benzene rings is 2. The van der Waals surface area contributed by atoms with Gasteiger partial charge in [0.15, 0.2) is 6.10 Å². The third kappa shape index (κ3) is 4.49. The Balaban J connectivity index is 2.09. The van der Waals surface area contributed by atoms with E-state index in [-0.39, 0.29) is 5.91 Å². The fourth-order valence-electron chi connectivity index (χ4n) is 2.41. The van der Waals surface area contributed by atoms with Gasteiger partial charge in [0.1, 0.15) is 11.5 Å². The van der Waals surface area contributed by atoms with Crippen molar-refractivity contribution in [2.75, 3.05) is 12.4 Å². The molecule has 0 unspecified atom stereocenters. The molecule has 0 saturated carbocycles. The molecule has 0 aromatic heterocycles. The topological polar surface area (TPSA) is 47.6 Å². The molecule has 4 nitrogen and oxygen atoms in total. The molecule has 4 heteroatoms. The second-order valence-electron chi connectivity index (χ2n) is 5.78. The molecule has 0 spiro atoms. The van der Waals surface area contributed by atoms with Crippen molar-refractivity contribution < 1.29 is 14.3 Å². The van der Waals surface area contributed by atoms with Gasteiger partial charge in [-0.15, -0.1) is 0 Å². The van der Waals surface area contributed by atoms with Crippen molar-refractivity contribution in [3.05, 3.63) is 53.1 Å². The van der Waals surface area contributed by atoms with E-state index in [0.717, 1.165) is 16.7 Å². The summed E-state index contributed by atoms with van der Waals surface area (Å²) in [5.74, 6) is 1.11. The van der Waals surface area contributed by atoms with E-state index in [0.29, 0.717) is 17.2 Å². The number of methoxy groups -OCH3 is 1. The van der Waals surface area contributed by atoms with Gasteiger partial charge in [0.25, 0.3) is 5.91 Å². The van der Waals surface area contributed by atoms with Crippen LogP contribution in [0.5, 0.6) is 11.5 Å². The van der Waals surface area contributed by atoms with Crippen LogP contribution in [-0.4, -0.2) is 19.1 Å². The third-order valence-corrected chi connectivity index (χ3v) is 3.49. The first-order valence-corrected chi connectivity index (χ1v) is 7.59. The Morgan fingerprint density at radius 3 is 2.26 bits per heavy atom.